The maximum Gasteiger partial charge on any atom is 0.225 e. The molecule has 28 heavy (non-hydrogen) atoms. The van der Waals surface area contributed by atoms with Gasteiger partial charge in [0.05, 0.1) is 29.1 Å². The molecule has 3 rings (SSSR count). The summed E-state index contributed by atoms with van der Waals surface area (Å²) in [5.41, 5.74) is 1.51. The molecular weight excluding hydrogens is 381 g/mol. The summed E-state index contributed by atoms with van der Waals surface area (Å²) < 4.78 is 14.2. The number of aliphatic hydroxyl groups excluding tert-OH is 1. The number of aliphatic hydroxyl groups is 1. The van der Waals surface area contributed by atoms with Crippen LogP contribution in [0.15, 0.2) is 48.8 Å². The summed E-state index contributed by atoms with van der Waals surface area (Å²) in [5.74, 6) is 0.347. The first-order chi connectivity index (χ1) is 13.5. The second-order valence-electron chi connectivity index (χ2n) is 6.60. The highest BCUT2D eigenvalue weighted by molar-refractivity contribution is 6.33. The fourth-order valence-corrected chi connectivity index (χ4v) is 2.78. The third-order valence-electron chi connectivity index (χ3n) is 4.22. The van der Waals surface area contributed by atoms with Gasteiger partial charge < -0.3 is 15.7 Å². The van der Waals surface area contributed by atoms with E-state index in [9.17, 15) is 9.50 Å². The van der Waals surface area contributed by atoms with Crippen molar-refractivity contribution in [2.24, 2.45) is 5.92 Å². The second-order valence-corrected chi connectivity index (χ2v) is 7.01. The number of halogens is 2. The summed E-state index contributed by atoms with van der Waals surface area (Å²) in [6.45, 7) is 3.90. The normalized spacial score (nSPS) is 12.1. The summed E-state index contributed by atoms with van der Waals surface area (Å²) >= 11 is 6.12. The van der Waals surface area contributed by atoms with Gasteiger partial charge in [-0.2, -0.15) is 4.98 Å². The Morgan fingerprint density at radius 1 is 1.18 bits per heavy atom. The van der Waals surface area contributed by atoms with E-state index in [1.807, 2.05) is 19.9 Å². The Balaban J connectivity index is 2.02. The molecule has 0 fully saturated rings. The molecule has 0 unspecified atom stereocenters. The highest BCUT2D eigenvalue weighted by atomic mass is 35.5. The smallest absolute Gasteiger partial charge is 0.225 e. The van der Waals surface area contributed by atoms with E-state index in [2.05, 4.69) is 25.6 Å². The lowest BCUT2D eigenvalue weighted by atomic mass is 10.1. The molecule has 0 saturated carbocycles. The fraction of sp³-hybridized carbons (Fsp3) is 0.250. The van der Waals surface area contributed by atoms with Crippen LogP contribution in [0.5, 0.6) is 0 Å². The average molecular weight is 402 g/mol. The number of hydrogen-bond donors (Lipinski definition) is 3. The summed E-state index contributed by atoms with van der Waals surface area (Å²) in [7, 11) is 0. The van der Waals surface area contributed by atoms with Gasteiger partial charge in [-0.25, -0.2) is 9.37 Å². The molecule has 1 aromatic carbocycles. The average Bonchev–Trinajstić information content (AvgIpc) is 2.69. The van der Waals surface area contributed by atoms with E-state index in [0.29, 0.717) is 17.5 Å². The first-order valence-electron chi connectivity index (χ1n) is 8.86. The van der Waals surface area contributed by atoms with Crippen LogP contribution in [0.3, 0.4) is 0 Å². The molecule has 0 aliphatic rings. The van der Waals surface area contributed by atoms with Gasteiger partial charge in [-0.05, 0) is 30.2 Å². The van der Waals surface area contributed by atoms with E-state index in [-0.39, 0.29) is 29.3 Å². The second kappa shape index (κ2) is 8.95. The Morgan fingerprint density at radius 2 is 2.00 bits per heavy atom. The molecule has 2 aromatic heterocycles. The van der Waals surface area contributed by atoms with Crippen LogP contribution >= 0.6 is 11.6 Å². The van der Waals surface area contributed by atoms with Crippen LogP contribution in [0, 0.1) is 11.7 Å². The van der Waals surface area contributed by atoms with Crippen molar-refractivity contribution >= 4 is 29.1 Å². The Bertz CT molecular complexity index is 919. The summed E-state index contributed by atoms with van der Waals surface area (Å²) in [6.07, 6.45) is 3.35. The van der Waals surface area contributed by atoms with Gasteiger partial charge in [-0.3, -0.25) is 4.98 Å². The highest BCUT2D eigenvalue weighted by Gasteiger charge is 2.16. The van der Waals surface area contributed by atoms with Gasteiger partial charge in [0.2, 0.25) is 5.95 Å². The maximum atomic E-state index is 14.2. The van der Waals surface area contributed by atoms with Crippen LogP contribution in [-0.4, -0.2) is 32.7 Å². The molecule has 8 heteroatoms. The molecule has 1 atom stereocenters. The van der Waals surface area contributed by atoms with Crippen LogP contribution < -0.4 is 10.6 Å². The third kappa shape index (κ3) is 4.74. The zero-order valence-corrected chi connectivity index (χ0v) is 16.3. The minimum absolute atomic E-state index is 0.0694. The molecule has 0 radical (unpaired) electrons. The summed E-state index contributed by atoms with van der Waals surface area (Å²) in [6, 6.07) is 9.57. The SMILES string of the molecule is CC(C)[C@@H](CO)Nc1nc(Nc2c(F)cccc2Cl)cc(-c2cccnc2)n1. The summed E-state index contributed by atoms with van der Waals surface area (Å²) in [5, 5.41) is 15.9. The number of rotatable bonds is 7. The predicted octanol–water partition coefficient (Wildman–Crippen LogP) is 4.50. The van der Waals surface area contributed by atoms with Crippen molar-refractivity contribution < 1.29 is 9.50 Å². The van der Waals surface area contributed by atoms with Crippen LogP contribution in [0.4, 0.5) is 21.8 Å². The van der Waals surface area contributed by atoms with E-state index in [0.717, 1.165) is 5.56 Å². The number of aromatic nitrogens is 3. The van der Waals surface area contributed by atoms with Crippen molar-refractivity contribution in [3.8, 4) is 11.3 Å². The van der Waals surface area contributed by atoms with Crippen molar-refractivity contribution in [1.82, 2.24) is 15.0 Å². The van der Waals surface area contributed by atoms with Gasteiger partial charge in [0.15, 0.2) is 0 Å². The fourth-order valence-electron chi connectivity index (χ4n) is 2.57. The van der Waals surface area contributed by atoms with Gasteiger partial charge in [-0.1, -0.05) is 31.5 Å². The van der Waals surface area contributed by atoms with Crippen LogP contribution in [0.25, 0.3) is 11.3 Å². The van der Waals surface area contributed by atoms with Gasteiger partial charge in [0, 0.05) is 24.0 Å². The molecular formula is C20H21ClFN5O. The van der Waals surface area contributed by atoms with E-state index < -0.39 is 5.82 Å². The Hall–Kier alpha value is -2.77. The summed E-state index contributed by atoms with van der Waals surface area (Å²) in [4.78, 5) is 13.1. The number of nitrogens with one attached hydrogen (secondary N) is 2. The van der Waals surface area contributed by atoms with Crippen LogP contribution in [-0.2, 0) is 0 Å². The molecule has 0 aliphatic heterocycles. The Kier molecular flexibility index (Phi) is 6.38. The third-order valence-corrected chi connectivity index (χ3v) is 4.53. The quantitative estimate of drug-likeness (QED) is 0.540. The van der Waals surface area contributed by atoms with E-state index in [4.69, 9.17) is 11.6 Å². The first-order valence-corrected chi connectivity index (χ1v) is 9.23. The zero-order valence-electron chi connectivity index (χ0n) is 15.5. The van der Waals surface area contributed by atoms with E-state index in [1.54, 1.807) is 30.6 Å². The van der Waals surface area contributed by atoms with Crippen molar-refractivity contribution in [1.29, 1.82) is 0 Å². The lowest BCUT2D eigenvalue weighted by Crippen LogP contribution is -2.30. The molecule has 0 saturated heterocycles. The van der Waals surface area contributed by atoms with Gasteiger partial charge >= 0.3 is 0 Å². The lowest BCUT2D eigenvalue weighted by molar-refractivity contribution is 0.248. The van der Waals surface area contributed by atoms with E-state index in [1.165, 1.54) is 12.1 Å². The minimum Gasteiger partial charge on any atom is -0.394 e. The van der Waals surface area contributed by atoms with Crippen molar-refractivity contribution in [3.63, 3.8) is 0 Å². The highest BCUT2D eigenvalue weighted by Crippen LogP contribution is 2.29. The number of benzene rings is 1. The van der Waals surface area contributed by atoms with Crippen LogP contribution in [0.2, 0.25) is 5.02 Å². The Morgan fingerprint density at radius 3 is 2.64 bits per heavy atom. The van der Waals surface area contributed by atoms with Gasteiger partial charge in [-0.15, -0.1) is 0 Å². The minimum atomic E-state index is -0.487. The number of para-hydroxylation sites is 1. The number of hydrogen-bond acceptors (Lipinski definition) is 6. The zero-order chi connectivity index (χ0) is 20.1. The van der Waals surface area contributed by atoms with Crippen molar-refractivity contribution in [3.05, 3.63) is 59.6 Å². The molecule has 0 amide bonds. The predicted molar refractivity (Wildman–Crippen MR) is 109 cm³/mol. The van der Waals surface area contributed by atoms with E-state index >= 15 is 0 Å². The standard InChI is InChI=1S/C20H21ClFN5O/c1-12(2)17(11-28)25-20-24-16(13-5-4-8-23-10-13)9-18(27-20)26-19-14(21)6-3-7-15(19)22/h3-10,12,17,28H,11H2,1-2H3,(H2,24,25,26,27)/t17-/m1/s1. The Labute approximate surface area is 167 Å². The number of anilines is 3. The van der Waals surface area contributed by atoms with Crippen LogP contribution in [0.1, 0.15) is 13.8 Å². The van der Waals surface area contributed by atoms with Gasteiger partial charge in [0.25, 0.3) is 0 Å². The number of pyridine rings is 1. The largest absolute Gasteiger partial charge is 0.394 e. The molecule has 2 heterocycles. The van der Waals surface area contributed by atoms with Gasteiger partial charge in [0.1, 0.15) is 11.6 Å². The van der Waals surface area contributed by atoms with Crippen molar-refractivity contribution in [2.75, 3.05) is 17.2 Å². The monoisotopic (exact) mass is 401 g/mol. The number of nitrogens with zero attached hydrogens (tertiary/aromatic N) is 3. The van der Waals surface area contributed by atoms with Crippen molar-refractivity contribution in [2.45, 2.75) is 19.9 Å². The molecule has 146 valence electrons. The molecule has 0 aliphatic carbocycles. The molecule has 0 spiro atoms. The molecule has 6 nitrogen and oxygen atoms in total. The topological polar surface area (TPSA) is 83.0 Å². The first kappa shape index (κ1) is 20.0. The lowest BCUT2D eigenvalue weighted by Gasteiger charge is -2.21. The molecule has 3 aromatic rings. The molecule has 3 N–H and O–H groups in total. The molecule has 0 bridgehead atoms. The maximum absolute atomic E-state index is 14.2.